The molecule has 29 heavy (non-hydrogen) atoms. The number of aromatic amines is 1. The van der Waals surface area contributed by atoms with Crippen molar-refractivity contribution in [1.29, 1.82) is 0 Å². The summed E-state index contributed by atoms with van der Waals surface area (Å²) in [6, 6.07) is 19.1. The minimum absolute atomic E-state index is 0.248. The summed E-state index contributed by atoms with van der Waals surface area (Å²) in [6.07, 6.45) is 1.68. The third-order valence-electron chi connectivity index (χ3n) is 4.34. The molecule has 0 radical (unpaired) electrons. The number of carbonyl (C=O) groups is 2. The first-order valence-electron chi connectivity index (χ1n) is 9.23. The van der Waals surface area contributed by atoms with Crippen LogP contribution in [0.1, 0.15) is 28.3 Å². The first-order chi connectivity index (χ1) is 14.2. The van der Waals surface area contributed by atoms with E-state index >= 15 is 0 Å². The van der Waals surface area contributed by atoms with Gasteiger partial charge in [0.25, 0.3) is 5.91 Å². The average Bonchev–Trinajstić information content (AvgIpc) is 3.40. The van der Waals surface area contributed by atoms with E-state index in [9.17, 15) is 9.59 Å². The molecule has 0 unspecified atom stereocenters. The summed E-state index contributed by atoms with van der Waals surface area (Å²) >= 11 is 1.64. The first kappa shape index (κ1) is 18.8. The highest BCUT2D eigenvalue weighted by Gasteiger charge is 2.12. The molecule has 0 bridgehead atoms. The van der Waals surface area contributed by atoms with Gasteiger partial charge >= 0.3 is 0 Å². The predicted molar refractivity (Wildman–Crippen MR) is 112 cm³/mol. The van der Waals surface area contributed by atoms with Crippen LogP contribution in [-0.2, 0) is 11.2 Å². The minimum Gasteiger partial charge on any atom is -0.273 e. The lowest BCUT2D eigenvalue weighted by atomic mass is 10.1. The third kappa shape index (κ3) is 4.67. The van der Waals surface area contributed by atoms with E-state index in [1.165, 1.54) is 0 Å². The van der Waals surface area contributed by atoms with E-state index in [2.05, 4.69) is 26.0 Å². The Kier molecular flexibility index (Phi) is 5.62. The molecule has 0 saturated carbocycles. The van der Waals surface area contributed by atoms with Gasteiger partial charge in [-0.15, -0.1) is 11.3 Å². The summed E-state index contributed by atoms with van der Waals surface area (Å²) in [5.41, 5.74) is 7.68. The molecule has 8 heteroatoms. The van der Waals surface area contributed by atoms with E-state index in [0.717, 1.165) is 27.2 Å². The summed E-state index contributed by atoms with van der Waals surface area (Å²) in [6.45, 7) is 0. The summed E-state index contributed by atoms with van der Waals surface area (Å²) in [5, 5.41) is 7.82. The number of nitrogens with one attached hydrogen (secondary N) is 3. The van der Waals surface area contributed by atoms with Gasteiger partial charge in [0.2, 0.25) is 5.91 Å². The Morgan fingerprint density at radius 1 is 1.00 bits per heavy atom. The molecule has 0 spiro atoms. The van der Waals surface area contributed by atoms with Gasteiger partial charge in [0, 0.05) is 12.0 Å². The highest BCUT2D eigenvalue weighted by molar-refractivity contribution is 7.18. The van der Waals surface area contributed by atoms with Gasteiger partial charge in [0.15, 0.2) is 0 Å². The molecule has 146 valence electrons. The van der Waals surface area contributed by atoms with E-state index < -0.39 is 5.91 Å². The van der Waals surface area contributed by atoms with E-state index in [4.69, 9.17) is 0 Å². The highest BCUT2D eigenvalue weighted by Crippen LogP contribution is 2.22. The van der Waals surface area contributed by atoms with E-state index in [0.29, 0.717) is 18.5 Å². The molecule has 0 aliphatic heterocycles. The molecule has 0 saturated heterocycles. The number of hydrogen-bond acceptors (Lipinski definition) is 5. The van der Waals surface area contributed by atoms with Crippen molar-refractivity contribution in [3.63, 3.8) is 0 Å². The van der Waals surface area contributed by atoms with Crippen molar-refractivity contribution < 1.29 is 9.59 Å². The van der Waals surface area contributed by atoms with E-state index in [1.54, 1.807) is 17.4 Å². The van der Waals surface area contributed by atoms with Crippen LogP contribution in [0.3, 0.4) is 0 Å². The van der Waals surface area contributed by atoms with Crippen LogP contribution in [0, 0.1) is 0 Å². The summed E-state index contributed by atoms with van der Waals surface area (Å²) in [5.74, 6) is -0.693. The van der Waals surface area contributed by atoms with Crippen molar-refractivity contribution in [3.05, 3.63) is 71.4 Å². The van der Waals surface area contributed by atoms with Crippen LogP contribution >= 0.6 is 11.3 Å². The lowest BCUT2D eigenvalue weighted by Gasteiger charge is -2.05. The minimum atomic E-state index is -0.445. The number of H-pyrrole nitrogens is 1. The molecule has 2 aromatic heterocycles. The average molecular weight is 405 g/mol. The van der Waals surface area contributed by atoms with Gasteiger partial charge in [-0.2, -0.15) is 5.10 Å². The number of fused-ring (bicyclic) bond motifs is 1. The van der Waals surface area contributed by atoms with Gasteiger partial charge in [-0.1, -0.05) is 42.5 Å². The summed E-state index contributed by atoms with van der Waals surface area (Å²) < 4.78 is 1.15. The van der Waals surface area contributed by atoms with Crippen molar-refractivity contribution >= 4 is 33.4 Å². The monoisotopic (exact) mass is 405 g/mol. The Morgan fingerprint density at radius 3 is 2.62 bits per heavy atom. The Balaban J connectivity index is 1.23. The van der Waals surface area contributed by atoms with Gasteiger partial charge in [0.1, 0.15) is 5.69 Å². The molecule has 0 atom stereocenters. The van der Waals surface area contributed by atoms with Crippen LogP contribution in [0.2, 0.25) is 0 Å². The number of carbonyl (C=O) groups excluding carboxylic acids is 2. The second-order valence-corrected chi connectivity index (χ2v) is 7.58. The van der Waals surface area contributed by atoms with Gasteiger partial charge in [-0.05, 0) is 31.0 Å². The van der Waals surface area contributed by atoms with Crippen molar-refractivity contribution in [1.82, 2.24) is 26.0 Å². The fourth-order valence-corrected chi connectivity index (χ4v) is 3.89. The maximum atomic E-state index is 12.2. The van der Waals surface area contributed by atoms with Crippen molar-refractivity contribution in [2.45, 2.75) is 19.3 Å². The molecule has 2 heterocycles. The lowest BCUT2D eigenvalue weighted by molar-refractivity contribution is -0.121. The van der Waals surface area contributed by atoms with Crippen LogP contribution in [0.25, 0.3) is 21.5 Å². The zero-order chi connectivity index (χ0) is 20.1. The van der Waals surface area contributed by atoms with Crippen molar-refractivity contribution in [2.24, 2.45) is 0 Å². The SMILES string of the molecule is O=C(CCCc1nc2ccccc2s1)NNC(=O)c1cc(-c2ccccc2)n[nH]1. The number of amides is 2. The maximum Gasteiger partial charge on any atom is 0.287 e. The fraction of sp³-hybridized carbons (Fsp3) is 0.143. The fourth-order valence-electron chi connectivity index (χ4n) is 2.88. The number of benzene rings is 2. The maximum absolute atomic E-state index is 12.2. The molecule has 0 aliphatic rings. The zero-order valence-corrected chi connectivity index (χ0v) is 16.3. The Hall–Kier alpha value is -3.52. The summed E-state index contributed by atoms with van der Waals surface area (Å²) in [4.78, 5) is 28.7. The molecular formula is C21H19N5O2S. The smallest absolute Gasteiger partial charge is 0.273 e. The lowest BCUT2D eigenvalue weighted by Crippen LogP contribution is -2.41. The largest absolute Gasteiger partial charge is 0.287 e. The zero-order valence-electron chi connectivity index (χ0n) is 15.5. The first-order valence-corrected chi connectivity index (χ1v) is 10.0. The molecule has 7 nitrogen and oxygen atoms in total. The topological polar surface area (TPSA) is 99.8 Å². The predicted octanol–water partition coefficient (Wildman–Crippen LogP) is 3.47. The number of nitrogens with zero attached hydrogens (tertiary/aromatic N) is 2. The molecule has 0 fully saturated rings. The van der Waals surface area contributed by atoms with Crippen LogP contribution in [-0.4, -0.2) is 27.0 Å². The van der Waals surface area contributed by atoms with Crippen LogP contribution in [0.15, 0.2) is 60.7 Å². The Labute approximate surface area is 171 Å². The number of hydrazine groups is 1. The van der Waals surface area contributed by atoms with Gasteiger partial charge in [-0.25, -0.2) is 4.98 Å². The van der Waals surface area contributed by atoms with E-state index in [1.807, 2.05) is 54.6 Å². The number of aryl methyl sites for hydroxylation is 1. The third-order valence-corrected chi connectivity index (χ3v) is 5.44. The van der Waals surface area contributed by atoms with Gasteiger partial charge < -0.3 is 0 Å². The van der Waals surface area contributed by atoms with E-state index in [-0.39, 0.29) is 11.6 Å². The standard InChI is InChI=1S/C21H19N5O2S/c27-19(11-6-12-20-22-15-9-4-5-10-18(15)29-20)25-26-21(28)17-13-16(23-24-17)14-7-2-1-3-8-14/h1-5,7-10,13H,6,11-12H2,(H,23,24)(H,25,27)(H,26,28). The molecule has 2 amide bonds. The van der Waals surface area contributed by atoms with Gasteiger partial charge in [0.05, 0.1) is 20.9 Å². The summed E-state index contributed by atoms with van der Waals surface area (Å²) in [7, 11) is 0. The molecule has 4 rings (SSSR count). The molecule has 0 aliphatic carbocycles. The number of hydrogen-bond donors (Lipinski definition) is 3. The van der Waals surface area contributed by atoms with Crippen LogP contribution in [0.4, 0.5) is 0 Å². The number of para-hydroxylation sites is 1. The van der Waals surface area contributed by atoms with Gasteiger partial charge in [-0.3, -0.25) is 25.5 Å². The Morgan fingerprint density at radius 2 is 1.79 bits per heavy atom. The number of aromatic nitrogens is 3. The van der Waals surface area contributed by atoms with Crippen molar-refractivity contribution in [3.8, 4) is 11.3 Å². The number of thiazole rings is 1. The number of rotatable bonds is 6. The normalized spacial score (nSPS) is 10.8. The second-order valence-electron chi connectivity index (χ2n) is 6.46. The second kappa shape index (κ2) is 8.66. The van der Waals surface area contributed by atoms with Crippen molar-refractivity contribution in [2.75, 3.05) is 0 Å². The van der Waals surface area contributed by atoms with Crippen LogP contribution < -0.4 is 10.9 Å². The molecule has 4 aromatic rings. The quantitative estimate of drug-likeness (QED) is 0.428. The molecule has 2 aromatic carbocycles. The Bertz CT molecular complexity index is 1100. The molecular weight excluding hydrogens is 386 g/mol. The highest BCUT2D eigenvalue weighted by atomic mass is 32.1. The van der Waals surface area contributed by atoms with Crippen LogP contribution in [0.5, 0.6) is 0 Å². The molecule has 3 N–H and O–H groups in total.